The van der Waals surface area contributed by atoms with Gasteiger partial charge in [-0.05, 0) is 37.6 Å². The third-order valence-corrected chi connectivity index (χ3v) is 3.54. The van der Waals surface area contributed by atoms with Crippen LogP contribution in [0.3, 0.4) is 0 Å². The van der Waals surface area contributed by atoms with Gasteiger partial charge in [-0.15, -0.1) is 0 Å². The standard InChI is InChI=1S/C15H21F2NO/c1-10(15(2,3)4)18(5)9-14(19)12-8-11(16)6-7-13(12)17/h6-8,10H,9H2,1-5H3. The number of likely N-dealkylation sites (N-methyl/N-ethyl adjacent to an activating group) is 1. The van der Waals surface area contributed by atoms with Crippen molar-refractivity contribution in [3.05, 3.63) is 35.4 Å². The molecule has 0 aliphatic heterocycles. The van der Waals surface area contributed by atoms with E-state index in [1.807, 2.05) is 18.9 Å². The molecule has 0 amide bonds. The predicted molar refractivity (Wildman–Crippen MR) is 72.2 cm³/mol. The van der Waals surface area contributed by atoms with Crippen molar-refractivity contribution in [1.29, 1.82) is 0 Å². The van der Waals surface area contributed by atoms with Gasteiger partial charge in [-0.25, -0.2) is 8.78 Å². The molecule has 0 N–H and O–H groups in total. The van der Waals surface area contributed by atoms with Crippen LogP contribution in [0.4, 0.5) is 8.78 Å². The Morgan fingerprint density at radius 2 is 1.89 bits per heavy atom. The Bertz CT molecular complexity index is 466. The average molecular weight is 269 g/mol. The molecule has 0 radical (unpaired) electrons. The van der Waals surface area contributed by atoms with E-state index >= 15 is 0 Å². The molecule has 0 spiro atoms. The molecule has 1 atom stereocenters. The number of hydrogen-bond donors (Lipinski definition) is 0. The van der Waals surface area contributed by atoms with E-state index in [0.29, 0.717) is 0 Å². The van der Waals surface area contributed by atoms with E-state index in [2.05, 4.69) is 20.8 Å². The summed E-state index contributed by atoms with van der Waals surface area (Å²) in [4.78, 5) is 13.9. The zero-order valence-corrected chi connectivity index (χ0v) is 12.1. The minimum absolute atomic E-state index is 0.00944. The average Bonchev–Trinajstić information content (AvgIpc) is 2.29. The van der Waals surface area contributed by atoms with Gasteiger partial charge in [-0.3, -0.25) is 9.69 Å². The van der Waals surface area contributed by atoms with Crippen molar-refractivity contribution in [3.8, 4) is 0 Å². The van der Waals surface area contributed by atoms with E-state index in [0.717, 1.165) is 18.2 Å². The van der Waals surface area contributed by atoms with Gasteiger partial charge in [0.15, 0.2) is 5.78 Å². The molecule has 0 saturated heterocycles. The lowest BCUT2D eigenvalue weighted by molar-refractivity contribution is 0.0849. The second-order valence-electron chi connectivity index (χ2n) is 6.00. The van der Waals surface area contributed by atoms with Gasteiger partial charge in [0.05, 0.1) is 12.1 Å². The summed E-state index contributed by atoms with van der Waals surface area (Å²) in [5, 5.41) is 0. The van der Waals surface area contributed by atoms with Gasteiger partial charge in [-0.1, -0.05) is 20.8 Å². The first-order valence-corrected chi connectivity index (χ1v) is 6.31. The van der Waals surface area contributed by atoms with Crippen molar-refractivity contribution in [3.63, 3.8) is 0 Å². The number of ketones is 1. The number of halogens is 2. The summed E-state index contributed by atoms with van der Waals surface area (Å²) in [5.41, 5.74) is -0.178. The van der Waals surface area contributed by atoms with Crippen molar-refractivity contribution in [1.82, 2.24) is 4.90 Å². The monoisotopic (exact) mass is 269 g/mol. The molecule has 1 aromatic rings. The van der Waals surface area contributed by atoms with Gasteiger partial charge in [0.25, 0.3) is 0 Å². The lowest BCUT2D eigenvalue weighted by atomic mass is 9.87. The largest absolute Gasteiger partial charge is 0.296 e. The second-order valence-corrected chi connectivity index (χ2v) is 6.00. The number of rotatable bonds is 4. The van der Waals surface area contributed by atoms with Crippen LogP contribution >= 0.6 is 0 Å². The maximum absolute atomic E-state index is 13.5. The SMILES string of the molecule is CC(N(C)CC(=O)c1cc(F)ccc1F)C(C)(C)C. The topological polar surface area (TPSA) is 20.3 Å². The number of hydrogen-bond acceptors (Lipinski definition) is 2. The molecule has 2 nitrogen and oxygen atoms in total. The van der Waals surface area contributed by atoms with Gasteiger partial charge in [0.2, 0.25) is 0 Å². The number of nitrogens with zero attached hydrogens (tertiary/aromatic N) is 1. The molecule has 0 saturated carbocycles. The van der Waals surface area contributed by atoms with Crippen LogP contribution in [0.2, 0.25) is 0 Å². The number of carbonyl (C=O) groups is 1. The van der Waals surface area contributed by atoms with Crippen LogP contribution < -0.4 is 0 Å². The Balaban J connectivity index is 2.83. The Kier molecular flexibility index (Phi) is 4.80. The lowest BCUT2D eigenvalue weighted by Crippen LogP contribution is -2.42. The van der Waals surface area contributed by atoms with Crippen LogP contribution in [-0.4, -0.2) is 30.3 Å². The molecule has 0 bridgehead atoms. The van der Waals surface area contributed by atoms with Crippen molar-refractivity contribution in [2.24, 2.45) is 5.41 Å². The highest BCUT2D eigenvalue weighted by atomic mass is 19.1. The van der Waals surface area contributed by atoms with Crippen molar-refractivity contribution in [2.45, 2.75) is 33.7 Å². The second kappa shape index (κ2) is 5.78. The Labute approximate surface area is 113 Å². The van der Waals surface area contributed by atoms with E-state index < -0.39 is 17.4 Å². The van der Waals surface area contributed by atoms with Crippen LogP contribution in [0.25, 0.3) is 0 Å². The van der Waals surface area contributed by atoms with E-state index in [1.54, 1.807) is 0 Å². The summed E-state index contributed by atoms with van der Waals surface area (Å²) in [6, 6.07) is 3.09. The van der Waals surface area contributed by atoms with Crippen LogP contribution in [0.1, 0.15) is 38.1 Å². The van der Waals surface area contributed by atoms with Gasteiger partial charge in [0, 0.05) is 6.04 Å². The molecular weight excluding hydrogens is 248 g/mol. The zero-order valence-electron chi connectivity index (χ0n) is 12.1. The van der Waals surface area contributed by atoms with Gasteiger partial charge < -0.3 is 0 Å². The summed E-state index contributed by atoms with van der Waals surface area (Å²) in [6.07, 6.45) is 0. The molecule has 0 fully saturated rings. The third kappa shape index (κ3) is 4.10. The summed E-state index contributed by atoms with van der Waals surface area (Å²) < 4.78 is 26.6. The van der Waals surface area contributed by atoms with E-state index in [1.165, 1.54) is 0 Å². The van der Waals surface area contributed by atoms with Crippen LogP contribution in [0, 0.1) is 17.0 Å². The maximum atomic E-state index is 13.5. The molecule has 0 aliphatic carbocycles. The summed E-state index contributed by atoms with van der Waals surface area (Å²) in [7, 11) is 1.81. The van der Waals surface area contributed by atoms with E-state index in [9.17, 15) is 13.6 Å². The quantitative estimate of drug-likeness (QED) is 0.780. The predicted octanol–water partition coefficient (Wildman–Crippen LogP) is 3.51. The van der Waals surface area contributed by atoms with Crippen molar-refractivity contribution >= 4 is 5.78 Å². The minimum Gasteiger partial charge on any atom is -0.296 e. The van der Waals surface area contributed by atoms with Crippen LogP contribution in [-0.2, 0) is 0 Å². The van der Waals surface area contributed by atoms with Crippen molar-refractivity contribution in [2.75, 3.05) is 13.6 Å². The Morgan fingerprint density at radius 1 is 1.32 bits per heavy atom. The molecule has 1 unspecified atom stereocenters. The van der Waals surface area contributed by atoms with Crippen LogP contribution in [0.5, 0.6) is 0 Å². The van der Waals surface area contributed by atoms with Gasteiger partial charge in [-0.2, -0.15) is 0 Å². The molecule has 4 heteroatoms. The zero-order chi connectivity index (χ0) is 14.8. The first-order valence-electron chi connectivity index (χ1n) is 6.31. The highest BCUT2D eigenvalue weighted by Crippen LogP contribution is 2.23. The smallest absolute Gasteiger partial charge is 0.179 e. The lowest BCUT2D eigenvalue weighted by Gasteiger charge is -2.34. The highest BCUT2D eigenvalue weighted by Gasteiger charge is 2.26. The third-order valence-electron chi connectivity index (χ3n) is 3.54. The molecule has 1 aromatic carbocycles. The Morgan fingerprint density at radius 3 is 2.42 bits per heavy atom. The molecule has 19 heavy (non-hydrogen) atoms. The normalized spacial score (nSPS) is 13.7. The molecule has 0 aromatic heterocycles. The first kappa shape index (κ1) is 15.8. The fourth-order valence-electron chi connectivity index (χ4n) is 1.82. The molecule has 0 heterocycles. The van der Waals surface area contributed by atoms with Crippen LogP contribution in [0.15, 0.2) is 18.2 Å². The summed E-state index contributed by atoms with van der Waals surface area (Å²) >= 11 is 0. The fourth-order valence-corrected chi connectivity index (χ4v) is 1.82. The molecule has 1 rings (SSSR count). The molecule has 0 aliphatic rings. The fraction of sp³-hybridized carbons (Fsp3) is 0.533. The molecular formula is C15H21F2NO. The van der Waals surface area contributed by atoms with E-state index in [-0.39, 0.29) is 23.6 Å². The number of benzene rings is 1. The highest BCUT2D eigenvalue weighted by molar-refractivity contribution is 5.97. The number of Topliss-reactive ketones (excluding diaryl/α,β-unsaturated/α-hetero) is 1. The van der Waals surface area contributed by atoms with E-state index in [4.69, 9.17) is 0 Å². The van der Waals surface area contributed by atoms with Gasteiger partial charge in [0.1, 0.15) is 11.6 Å². The van der Waals surface area contributed by atoms with Crippen molar-refractivity contribution < 1.29 is 13.6 Å². The number of carbonyl (C=O) groups excluding carboxylic acids is 1. The minimum atomic E-state index is -0.678. The Hall–Kier alpha value is -1.29. The van der Waals surface area contributed by atoms with Gasteiger partial charge >= 0.3 is 0 Å². The molecule has 106 valence electrons. The summed E-state index contributed by atoms with van der Waals surface area (Å²) in [5.74, 6) is -1.69. The first-order chi connectivity index (χ1) is 8.62. The summed E-state index contributed by atoms with van der Waals surface area (Å²) in [6.45, 7) is 8.29. The maximum Gasteiger partial charge on any atom is 0.179 e.